The number of nitrogens with one attached hydrogen (secondary N) is 1. The van der Waals surface area contributed by atoms with E-state index in [0.717, 1.165) is 11.0 Å². The lowest BCUT2D eigenvalue weighted by molar-refractivity contribution is 0.493. The summed E-state index contributed by atoms with van der Waals surface area (Å²) in [5, 5.41) is 7.93. The van der Waals surface area contributed by atoms with Crippen LogP contribution in [0.4, 0.5) is 0 Å². The molecule has 0 amide bonds. The molecule has 19 heavy (non-hydrogen) atoms. The fourth-order valence-electron chi connectivity index (χ4n) is 2.16. The molecule has 2 rings (SSSR count). The first-order valence-electron chi connectivity index (χ1n) is 6.64. The smallest absolute Gasteiger partial charge is 0.0537 e. The Labute approximate surface area is 123 Å². The average Bonchev–Trinajstić information content (AvgIpc) is 2.88. The van der Waals surface area contributed by atoms with Gasteiger partial charge in [0.25, 0.3) is 0 Å². The highest BCUT2D eigenvalue weighted by atomic mass is 79.9. The van der Waals surface area contributed by atoms with Crippen molar-refractivity contribution in [3.8, 4) is 0 Å². The van der Waals surface area contributed by atoms with Gasteiger partial charge in [-0.15, -0.1) is 0 Å². The first-order valence-corrected chi connectivity index (χ1v) is 7.44. The molecule has 2 atom stereocenters. The van der Waals surface area contributed by atoms with E-state index in [1.165, 1.54) is 11.1 Å². The van der Waals surface area contributed by atoms with Gasteiger partial charge < -0.3 is 5.32 Å². The van der Waals surface area contributed by atoms with Crippen LogP contribution >= 0.6 is 15.9 Å². The average molecular weight is 322 g/mol. The molecule has 2 aromatic rings. The number of nitrogens with zero attached hydrogens (tertiary/aromatic N) is 2. The van der Waals surface area contributed by atoms with Crippen molar-refractivity contribution in [2.75, 3.05) is 0 Å². The van der Waals surface area contributed by atoms with Crippen molar-refractivity contribution < 1.29 is 0 Å². The van der Waals surface area contributed by atoms with Crippen molar-refractivity contribution >= 4 is 15.9 Å². The van der Waals surface area contributed by atoms with Crippen LogP contribution in [0.25, 0.3) is 0 Å². The van der Waals surface area contributed by atoms with Gasteiger partial charge in [-0.3, -0.25) is 4.68 Å². The van der Waals surface area contributed by atoms with Gasteiger partial charge in [-0.1, -0.05) is 34.1 Å². The van der Waals surface area contributed by atoms with Gasteiger partial charge in [-0.2, -0.15) is 5.10 Å². The Kier molecular flexibility index (Phi) is 4.77. The SMILES string of the molecule is CCn1cc([C@H](C)N[C@@H](C)c2ccccc2Br)cn1. The van der Waals surface area contributed by atoms with Gasteiger partial charge >= 0.3 is 0 Å². The first kappa shape index (κ1) is 14.3. The van der Waals surface area contributed by atoms with Crippen LogP contribution in [-0.2, 0) is 6.54 Å². The molecule has 0 unspecified atom stereocenters. The molecule has 0 radical (unpaired) electrons. The molecule has 0 aliphatic rings. The normalized spacial score (nSPS) is 14.3. The van der Waals surface area contributed by atoms with Crippen LogP contribution in [0.5, 0.6) is 0 Å². The summed E-state index contributed by atoms with van der Waals surface area (Å²) < 4.78 is 3.10. The van der Waals surface area contributed by atoms with E-state index in [9.17, 15) is 0 Å². The third-order valence-corrected chi connectivity index (χ3v) is 4.07. The standard InChI is InChI=1S/C15H20BrN3/c1-4-19-10-13(9-17-19)11(2)18-12(3)14-7-5-6-8-15(14)16/h5-12,18H,4H2,1-3H3/t11-,12-/m0/s1. The molecule has 0 spiro atoms. The topological polar surface area (TPSA) is 29.9 Å². The van der Waals surface area contributed by atoms with Crippen LogP contribution in [0, 0.1) is 0 Å². The summed E-state index contributed by atoms with van der Waals surface area (Å²) in [5.74, 6) is 0. The van der Waals surface area contributed by atoms with Crippen molar-refractivity contribution in [1.29, 1.82) is 0 Å². The fourth-order valence-corrected chi connectivity index (χ4v) is 2.79. The minimum Gasteiger partial charge on any atom is -0.303 e. The second-order valence-corrected chi connectivity index (χ2v) is 5.62. The van der Waals surface area contributed by atoms with Crippen LogP contribution in [0.1, 0.15) is 44.0 Å². The molecular formula is C15H20BrN3. The Hall–Kier alpha value is -1.13. The van der Waals surface area contributed by atoms with Crippen molar-refractivity contribution in [1.82, 2.24) is 15.1 Å². The van der Waals surface area contributed by atoms with E-state index >= 15 is 0 Å². The van der Waals surface area contributed by atoms with Crippen molar-refractivity contribution in [2.45, 2.75) is 39.4 Å². The maximum absolute atomic E-state index is 4.32. The zero-order valence-electron chi connectivity index (χ0n) is 11.6. The van der Waals surface area contributed by atoms with Crippen LogP contribution in [0.15, 0.2) is 41.1 Å². The Bertz CT molecular complexity index is 536. The molecular weight excluding hydrogens is 302 g/mol. The van der Waals surface area contributed by atoms with Gasteiger partial charge in [-0.05, 0) is 32.4 Å². The molecule has 0 aliphatic carbocycles. The van der Waals surface area contributed by atoms with E-state index in [0.29, 0.717) is 0 Å². The zero-order valence-corrected chi connectivity index (χ0v) is 13.2. The Morgan fingerprint density at radius 3 is 2.63 bits per heavy atom. The molecule has 4 heteroatoms. The maximum atomic E-state index is 4.32. The van der Waals surface area contributed by atoms with Gasteiger partial charge in [0.1, 0.15) is 0 Å². The van der Waals surface area contributed by atoms with Gasteiger partial charge in [0, 0.05) is 34.9 Å². The molecule has 0 aliphatic heterocycles. The van der Waals surface area contributed by atoms with Gasteiger partial charge in [0.2, 0.25) is 0 Å². The Balaban J connectivity index is 2.06. The van der Waals surface area contributed by atoms with Crippen LogP contribution in [0.2, 0.25) is 0 Å². The molecule has 1 heterocycles. The lowest BCUT2D eigenvalue weighted by Crippen LogP contribution is -2.22. The third-order valence-electron chi connectivity index (χ3n) is 3.35. The second-order valence-electron chi connectivity index (χ2n) is 4.76. The number of hydrogen-bond donors (Lipinski definition) is 1. The predicted molar refractivity (Wildman–Crippen MR) is 82.0 cm³/mol. The van der Waals surface area contributed by atoms with E-state index in [-0.39, 0.29) is 12.1 Å². The molecule has 0 saturated carbocycles. The first-order chi connectivity index (χ1) is 9.11. The van der Waals surface area contributed by atoms with E-state index in [1.54, 1.807) is 0 Å². The van der Waals surface area contributed by atoms with Crippen LogP contribution in [0.3, 0.4) is 0 Å². The Morgan fingerprint density at radius 1 is 1.26 bits per heavy atom. The highest BCUT2D eigenvalue weighted by molar-refractivity contribution is 9.10. The minimum atomic E-state index is 0.280. The number of aromatic nitrogens is 2. The summed E-state index contributed by atoms with van der Waals surface area (Å²) in [6.45, 7) is 7.36. The van der Waals surface area contributed by atoms with Crippen molar-refractivity contribution in [3.05, 3.63) is 52.3 Å². The Morgan fingerprint density at radius 2 is 2.00 bits per heavy atom. The summed E-state index contributed by atoms with van der Waals surface area (Å²) in [6.07, 6.45) is 4.04. The van der Waals surface area contributed by atoms with Gasteiger partial charge in [0.15, 0.2) is 0 Å². The summed E-state index contributed by atoms with van der Waals surface area (Å²) in [7, 11) is 0. The fraction of sp³-hybridized carbons (Fsp3) is 0.400. The maximum Gasteiger partial charge on any atom is 0.0537 e. The van der Waals surface area contributed by atoms with E-state index in [2.05, 4.69) is 71.5 Å². The highest BCUT2D eigenvalue weighted by Gasteiger charge is 2.14. The predicted octanol–water partition coefficient (Wildman–Crippen LogP) is 4.08. The lowest BCUT2D eigenvalue weighted by Gasteiger charge is -2.20. The monoisotopic (exact) mass is 321 g/mol. The molecule has 1 N–H and O–H groups in total. The van der Waals surface area contributed by atoms with Crippen molar-refractivity contribution in [3.63, 3.8) is 0 Å². The number of benzene rings is 1. The number of halogens is 1. The van der Waals surface area contributed by atoms with Gasteiger partial charge in [0.05, 0.1) is 6.20 Å². The third kappa shape index (κ3) is 3.45. The molecule has 0 saturated heterocycles. The number of rotatable bonds is 5. The van der Waals surface area contributed by atoms with Crippen molar-refractivity contribution in [2.24, 2.45) is 0 Å². The van der Waals surface area contributed by atoms with E-state index in [1.807, 2.05) is 16.9 Å². The summed E-state index contributed by atoms with van der Waals surface area (Å²) in [4.78, 5) is 0. The van der Waals surface area contributed by atoms with E-state index in [4.69, 9.17) is 0 Å². The minimum absolute atomic E-state index is 0.280. The number of aryl methyl sites for hydroxylation is 1. The quantitative estimate of drug-likeness (QED) is 0.899. The summed E-state index contributed by atoms with van der Waals surface area (Å²) >= 11 is 3.60. The molecule has 0 fully saturated rings. The van der Waals surface area contributed by atoms with E-state index < -0.39 is 0 Å². The second kappa shape index (κ2) is 6.35. The van der Waals surface area contributed by atoms with Crippen LogP contribution in [-0.4, -0.2) is 9.78 Å². The van der Waals surface area contributed by atoms with Crippen LogP contribution < -0.4 is 5.32 Å². The number of hydrogen-bond acceptors (Lipinski definition) is 2. The molecule has 0 bridgehead atoms. The highest BCUT2D eigenvalue weighted by Crippen LogP contribution is 2.25. The van der Waals surface area contributed by atoms with Gasteiger partial charge in [-0.25, -0.2) is 0 Å². The lowest BCUT2D eigenvalue weighted by atomic mass is 10.1. The largest absolute Gasteiger partial charge is 0.303 e. The molecule has 102 valence electrons. The molecule has 3 nitrogen and oxygen atoms in total. The molecule has 1 aromatic heterocycles. The summed E-state index contributed by atoms with van der Waals surface area (Å²) in [5.41, 5.74) is 2.50. The summed E-state index contributed by atoms with van der Waals surface area (Å²) in [6, 6.07) is 8.89. The zero-order chi connectivity index (χ0) is 13.8. The molecule has 1 aromatic carbocycles.